The first-order chi connectivity index (χ1) is 8.70. The Labute approximate surface area is 109 Å². The number of carbonyl (C=O) groups excluding carboxylic acids is 1. The first-order valence-corrected chi connectivity index (χ1v) is 7.06. The van der Waals surface area contributed by atoms with E-state index in [-0.39, 0.29) is 12.5 Å². The molecule has 0 aliphatic carbocycles. The lowest BCUT2D eigenvalue weighted by atomic mass is 9.97. The molecule has 2 atom stereocenters. The second kappa shape index (κ2) is 6.50. The highest BCUT2D eigenvalue weighted by atomic mass is 16.5. The normalized spacial score (nSPS) is 31.7. The summed E-state index contributed by atoms with van der Waals surface area (Å²) >= 11 is 0. The third kappa shape index (κ3) is 3.43. The first kappa shape index (κ1) is 13.8. The molecule has 3 N–H and O–H groups in total. The van der Waals surface area contributed by atoms with Gasteiger partial charge in [-0.15, -0.1) is 0 Å². The average Bonchev–Trinajstić information content (AvgIpc) is 2.57. The van der Waals surface area contributed by atoms with Crippen LogP contribution in [0.3, 0.4) is 0 Å². The average molecular weight is 255 g/mol. The number of fused-ring (bicyclic) bond motifs is 2. The Morgan fingerprint density at radius 2 is 2.06 bits per heavy atom. The van der Waals surface area contributed by atoms with Crippen molar-refractivity contribution in [2.24, 2.45) is 5.73 Å². The van der Waals surface area contributed by atoms with Crippen LogP contribution in [0.15, 0.2) is 0 Å². The van der Waals surface area contributed by atoms with Crippen LogP contribution in [-0.2, 0) is 9.53 Å². The summed E-state index contributed by atoms with van der Waals surface area (Å²) in [6.07, 6.45) is 5.12. The number of hydrogen-bond donors (Lipinski definition) is 2. The third-order valence-electron chi connectivity index (χ3n) is 4.12. The molecule has 2 aliphatic rings. The Kier molecular flexibility index (Phi) is 4.97. The molecule has 104 valence electrons. The predicted molar refractivity (Wildman–Crippen MR) is 70.2 cm³/mol. The van der Waals surface area contributed by atoms with Crippen molar-refractivity contribution in [3.05, 3.63) is 0 Å². The van der Waals surface area contributed by atoms with Gasteiger partial charge in [-0.2, -0.15) is 0 Å². The van der Waals surface area contributed by atoms with Crippen molar-refractivity contribution in [1.82, 2.24) is 10.2 Å². The Hall–Kier alpha value is -0.650. The molecule has 0 aromatic heterocycles. The number of primary amides is 1. The number of nitrogens with zero attached hydrogens (tertiary/aromatic N) is 1. The van der Waals surface area contributed by atoms with E-state index < -0.39 is 0 Å². The Balaban J connectivity index is 1.73. The van der Waals surface area contributed by atoms with Gasteiger partial charge in [0.2, 0.25) is 5.91 Å². The van der Waals surface area contributed by atoms with E-state index in [9.17, 15) is 4.79 Å². The van der Waals surface area contributed by atoms with Crippen LogP contribution in [0.4, 0.5) is 0 Å². The van der Waals surface area contributed by atoms with Crippen LogP contribution in [0.1, 0.15) is 32.6 Å². The summed E-state index contributed by atoms with van der Waals surface area (Å²) in [5, 5.41) is 3.57. The van der Waals surface area contributed by atoms with Gasteiger partial charge in [-0.1, -0.05) is 6.92 Å². The summed E-state index contributed by atoms with van der Waals surface area (Å²) in [5.74, 6) is -0.385. The molecular weight excluding hydrogens is 230 g/mol. The highest BCUT2D eigenvalue weighted by Gasteiger charge is 2.39. The molecule has 18 heavy (non-hydrogen) atoms. The Bertz CT molecular complexity index is 271. The van der Waals surface area contributed by atoms with E-state index in [0.717, 1.165) is 13.1 Å². The van der Waals surface area contributed by atoms with Crippen LogP contribution < -0.4 is 11.1 Å². The number of rotatable bonds is 7. The molecule has 2 fully saturated rings. The van der Waals surface area contributed by atoms with Gasteiger partial charge >= 0.3 is 0 Å². The lowest BCUT2D eigenvalue weighted by Gasteiger charge is -2.39. The van der Waals surface area contributed by atoms with Gasteiger partial charge in [0.1, 0.15) is 6.61 Å². The number of hydrogen-bond acceptors (Lipinski definition) is 4. The lowest BCUT2D eigenvalue weighted by molar-refractivity contribution is -0.122. The summed E-state index contributed by atoms with van der Waals surface area (Å²) in [5.41, 5.74) is 5.04. The maximum atomic E-state index is 10.6. The molecule has 0 radical (unpaired) electrons. The van der Waals surface area contributed by atoms with Crippen LogP contribution in [0.2, 0.25) is 0 Å². The van der Waals surface area contributed by atoms with E-state index in [0.29, 0.717) is 24.7 Å². The summed E-state index contributed by atoms with van der Waals surface area (Å²) in [6, 6.07) is 2.09. The summed E-state index contributed by atoms with van der Waals surface area (Å²) in [6.45, 7) is 4.82. The molecule has 1 amide bonds. The standard InChI is InChI=1S/C13H25N3O2/c1-2-15-10-7-11-3-4-12(8-10)16(11)5-6-18-9-13(14)17/h10-12,15H,2-9H2,1H3,(H2,14,17). The fourth-order valence-electron chi connectivity index (χ4n) is 3.44. The van der Waals surface area contributed by atoms with E-state index in [1.54, 1.807) is 0 Å². The fraction of sp³-hybridized carbons (Fsp3) is 0.923. The first-order valence-electron chi connectivity index (χ1n) is 7.06. The zero-order valence-corrected chi connectivity index (χ0v) is 11.2. The third-order valence-corrected chi connectivity index (χ3v) is 4.12. The molecule has 0 saturated carbocycles. The highest BCUT2D eigenvalue weighted by Crippen LogP contribution is 2.35. The number of carbonyl (C=O) groups is 1. The van der Waals surface area contributed by atoms with Crippen molar-refractivity contribution in [3.8, 4) is 0 Å². The lowest BCUT2D eigenvalue weighted by Crippen LogP contribution is -2.50. The molecule has 0 aromatic rings. The van der Waals surface area contributed by atoms with E-state index in [4.69, 9.17) is 10.5 Å². The summed E-state index contributed by atoms with van der Waals surface area (Å²) in [4.78, 5) is 13.1. The maximum Gasteiger partial charge on any atom is 0.243 e. The van der Waals surface area contributed by atoms with Crippen molar-refractivity contribution in [2.75, 3.05) is 26.3 Å². The van der Waals surface area contributed by atoms with Crippen LogP contribution in [0.25, 0.3) is 0 Å². The van der Waals surface area contributed by atoms with Gasteiger partial charge in [0.15, 0.2) is 0 Å². The van der Waals surface area contributed by atoms with Gasteiger partial charge in [0, 0.05) is 24.7 Å². The van der Waals surface area contributed by atoms with Crippen molar-refractivity contribution >= 4 is 5.91 Å². The van der Waals surface area contributed by atoms with Crippen molar-refractivity contribution in [1.29, 1.82) is 0 Å². The fourth-order valence-corrected chi connectivity index (χ4v) is 3.44. The Morgan fingerprint density at radius 3 is 2.61 bits per heavy atom. The predicted octanol–water partition coefficient (Wildman–Crippen LogP) is 0.0932. The zero-order valence-electron chi connectivity index (χ0n) is 11.2. The van der Waals surface area contributed by atoms with E-state index in [1.165, 1.54) is 25.7 Å². The minimum atomic E-state index is -0.385. The summed E-state index contributed by atoms with van der Waals surface area (Å²) < 4.78 is 5.26. The second-order valence-corrected chi connectivity index (χ2v) is 5.37. The quantitative estimate of drug-likeness (QED) is 0.633. The van der Waals surface area contributed by atoms with Crippen molar-refractivity contribution < 1.29 is 9.53 Å². The molecule has 5 heteroatoms. The van der Waals surface area contributed by atoms with Gasteiger partial charge in [-0.3, -0.25) is 9.69 Å². The molecule has 0 aromatic carbocycles. The van der Waals surface area contributed by atoms with E-state index in [1.807, 2.05) is 0 Å². The van der Waals surface area contributed by atoms with Gasteiger partial charge in [-0.25, -0.2) is 0 Å². The van der Waals surface area contributed by atoms with Crippen molar-refractivity contribution in [3.63, 3.8) is 0 Å². The number of amides is 1. The smallest absolute Gasteiger partial charge is 0.243 e. The Morgan fingerprint density at radius 1 is 1.39 bits per heavy atom. The van der Waals surface area contributed by atoms with E-state index >= 15 is 0 Å². The topological polar surface area (TPSA) is 67.6 Å². The molecule has 2 aliphatic heterocycles. The van der Waals surface area contributed by atoms with Gasteiger partial charge in [0.25, 0.3) is 0 Å². The molecule has 0 spiro atoms. The zero-order chi connectivity index (χ0) is 13.0. The summed E-state index contributed by atoms with van der Waals surface area (Å²) in [7, 11) is 0. The molecule has 5 nitrogen and oxygen atoms in total. The number of nitrogens with two attached hydrogens (primary N) is 1. The van der Waals surface area contributed by atoms with Crippen LogP contribution >= 0.6 is 0 Å². The van der Waals surface area contributed by atoms with Gasteiger partial charge in [0.05, 0.1) is 6.61 Å². The minimum Gasteiger partial charge on any atom is -0.370 e. The molecular formula is C13H25N3O2. The van der Waals surface area contributed by atoms with Gasteiger partial charge < -0.3 is 15.8 Å². The molecule has 2 unspecified atom stereocenters. The number of piperidine rings is 1. The SMILES string of the molecule is CCNC1CC2CCC(C1)N2CCOCC(N)=O. The van der Waals surface area contributed by atoms with Crippen LogP contribution in [0, 0.1) is 0 Å². The number of nitrogens with one attached hydrogen (secondary N) is 1. The maximum absolute atomic E-state index is 10.6. The van der Waals surface area contributed by atoms with E-state index in [2.05, 4.69) is 17.1 Å². The molecule has 2 rings (SSSR count). The largest absolute Gasteiger partial charge is 0.370 e. The monoisotopic (exact) mass is 255 g/mol. The second-order valence-electron chi connectivity index (χ2n) is 5.37. The molecule has 2 bridgehead atoms. The van der Waals surface area contributed by atoms with Crippen molar-refractivity contribution in [2.45, 2.75) is 50.7 Å². The minimum absolute atomic E-state index is 0.0448. The van der Waals surface area contributed by atoms with Gasteiger partial charge in [-0.05, 0) is 32.2 Å². The molecule has 2 heterocycles. The molecule has 2 saturated heterocycles. The van der Waals surface area contributed by atoms with Crippen LogP contribution in [0.5, 0.6) is 0 Å². The number of ether oxygens (including phenoxy) is 1. The highest BCUT2D eigenvalue weighted by molar-refractivity contribution is 5.74. The van der Waals surface area contributed by atoms with Crippen LogP contribution in [-0.4, -0.2) is 55.2 Å².